The van der Waals surface area contributed by atoms with Crippen molar-refractivity contribution in [1.29, 1.82) is 0 Å². The van der Waals surface area contributed by atoms with Crippen LogP contribution in [-0.4, -0.2) is 41.5 Å². The monoisotopic (exact) mass is 253 g/mol. The molecule has 1 aliphatic rings. The van der Waals surface area contributed by atoms with Gasteiger partial charge in [0.25, 0.3) is 0 Å². The highest BCUT2D eigenvalue weighted by molar-refractivity contribution is 7.99. The van der Waals surface area contributed by atoms with Gasteiger partial charge < -0.3 is 10.1 Å². The maximum absolute atomic E-state index is 5.32. The predicted octanol–water partition coefficient (Wildman–Crippen LogP) is 1.65. The quantitative estimate of drug-likeness (QED) is 0.491. The number of aryl methyl sites for hydroxylation is 1. The zero-order valence-corrected chi connectivity index (χ0v) is 11.0. The summed E-state index contributed by atoms with van der Waals surface area (Å²) in [5.74, 6) is 1.01. The lowest BCUT2D eigenvalue weighted by Gasteiger charge is -2.22. The Hall–Kier alpha value is -0.650. The van der Waals surface area contributed by atoms with Crippen LogP contribution in [0.15, 0.2) is 17.6 Å². The van der Waals surface area contributed by atoms with Gasteiger partial charge in [-0.1, -0.05) is 11.8 Å². The van der Waals surface area contributed by atoms with Crippen molar-refractivity contribution in [3.63, 3.8) is 0 Å². The van der Waals surface area contributed by atoms with Crippen LogP contribution in [-0.2, 0) is 4.74 Å². The molecule has 0 saturated carbocycles. The molecular formula is C12H19N3OS. The Bertz CT molecular complexity index is 325. The number of ether oxygens (including phenoxy) is 1. The lowest BCUT2D eigenvalue weighted by molar-refractivity contribution is 0.0786. The minimum absolute atomic E-state index is 0.628. The van der Waals surface area contributed by atoms with Gasteiger partial charge in [0.15, 0.2) is 5.16 Å². The third-order valence-electron chi connectivity index (χ3n) is 2.74. The Kier molecular flexibility index (Phi) is 5.22. The van der Waals surface area contributed by atoms with Gasteiger partial charge in [0, 0.05) is 43.9 Å². The molecule has 2 heterocycles. The summed E-state index contributed by atoms with van der Waals surface area (Å²) in [7, 11) is 0. The van der Waals surface area contributed by atoms with Crippen molar-refractivity contribution in [2.24, 2.45) is 0 Å². The van der Waals surface area contributed by atoms with Crippen molar-refractivity contribution in [1.82, 2.24) is 15.3 Å². The number of aromatic nitrogens is 2. The number of nitrogens with one attached hydrogen (secondary N) is 1. The van der Waals surface area contributed by atoms with Gasteiger partial charge in [-0.05, 0) is 25.3 Å². The SMILES string of the molecule is Cc1cnc(SCCNC2CCOCC2)nc1. The summed E-state index contributed by atoms with van der Waals surface area (Å²) in [6.45, 7) is 4.80. The molecule has 0 atom stereocenters. The minimum Gasteiger partial charge on any atom is -0.381 e. The molecule has 1 aromatic heterocycles. The van der Waals surface area contributed by atoms with Gasteiger partial charge in [0.1, 0.15) is 0 Å². The molecule has 1 fully saturated rings. The average Bonchev–Trinajstić information content (AvgIpc) is 2.38. The van der Waals surface area contributed by atoms with Crippen LogP contribution in [0.1, 0.15) is 18.4 Å². The van der Waals surface area contributed by atoms with Crippen molar-refractivity contribution in [2.75, 3.05) is 25.5 Å². The van der Waals surface area contributed by atoms with Crippen molar-refractivity contribution in [3.8, 4) is 0 Å². The molecule has 1 N–H and O–H groups in total. The Labute approximate surface area is 107 Å². The average molecular weight is 253 g/mol. The molecule has 1 aromatic rings. The third-order valence-corrected chi connectivity index (χ3v) is 3.62. The molecule has 1 aliphatic heterocycles. The summed E-state index contributed by atoms with van der Waals surface area (Å²) in [4.78, 5) is 8.53. The number of hydrogen-bond donors (Lipinski definition) is 1. The van der Waals surface area contributed by atoms with E-state index in [1.54, 1.807) is 11.8 Å². The number of hydrogen-bond acceptors (Lipinski definition) is 5. The van der Waals surface area contributed by atoms with Crippen LogP contribution in [0.5, 0.6) is 0 Å². The van der Waals surface area contributed by atoms with E-state index in [0.717, 1.165) is 49.1 Å². The molecule has 0 spiro atoms. The molecule has 4 nitrogen and oxygen atoms in total. The molecule has 1 saturated heterocycles. The summed E-state index contributed by atoms with van der Waals surface area (Å²) in [6.07, 6.45) is 5.99. The molecule has 2 rings (SSSR count). The normalized spacial score (nSPS) is 17.2. The maximum atomic E-state index is 5.32. The van der Waals surface area contributed by atoms with Crippen LogP contribution in [0.4, 0.5) is 0 Å². The zero-order valence-electron chi connectivity index (χ0n) is 10.2. The van der Waals surface area contributed by atoms with E-state index in [4.69, 9.17) is 4.74 Å². The summed E-state index contributed by atoms with van der Waals surface area (Å²) >= 11 is 1.70. The second kappa shape index (κ2) is 6.93. The molecule has 94 valence electrons. The summed E-state index contributed by atoms with van der Waals surface area (Å²) in [6, 6.07) is 0.628. The molecule has 0 unspecified atom stereocenters. The highest BCUT2D eigenvalue weighted by Gasteiger charge is 2.12. The Morgan fingerprint density at radius 2 is 2.06 bits per heavy atom. The number of nitrogens with zero attached hydrogens (tertiary/aromatic N) is 2. The standard InChI is InChI=1S/C12H19N3OS/c1-10-8-14-12(15-9-10)17-7-4-13-11-2-5-16-6-3-11/h8-9,11,13H,2-7H2,1H3. The van der Waals surface area contributed by atoms with Crippen LogP contribution < -0.4 is 5.32 Å². The summed E-state index contributed by atoms with van der Waals surface area (Å²) in [5.41, 5.74) is 1.11. The first-order chi connectivity index (χ1) is 8.34. The highest BCUT2D eigenvalue weighted by atomic mass is 32.2. The van der Waals surface area contributed by atoms with Crippen LogP contribution >= 0.6 is 11.8 Å². The second-order valence-corrected chi connectivity index (χ2v) is 5.29. The van der Waals surface area contributed by atoms with Crippen molar-refractivity contribution >= 4 is 11.8 Å². The van der Waals surface area contributed by atoms with Crippen LogP contribution in [0.2, 0.25) is 0 Å². The fraction of sp³-hybridized carbons (Fsp3) is 0.667. The summed E-state index contributed by atoms with van der Waals surface area (Å²) < 4.78 is 5.32. The van der Waals surface area contributed by atoms with E-state index in [0.29, 0.717) is 6.04 Å². The van der Waals surface area contributed by atoms with E-state index >= 15 is 0 Å². The Morgan fingerprint density at radius 3 is 2.76 bits per heavy atom. The van der Waals surface area contributed by atoms with Gasteiger partial charge in [-0.15, -0.1) is 0 Å². The molecule has 0 bridgehead atoms. The van der Waals surface area contributed by atoms with E-state index in [1.807, 2.05) is 19.3 Å². The molecule has 0 radical (unpaired) electrons. The Balaban J connectivity index is 1.60. The maximum Gasteiger partial charge on any atom is 0.187 e. The number of rotatable bonds is 5. The second-order valence-electron chi connectivity index (χ2n) is 4.23. The van der Waals surface area contributed by atoms with Crippen molar-refractivity contribution in [3.05, 3.63) is 18.0 Å². The predicted molar refractivity (Wildman–Crippen MR) is 69.3 cm³/mol. The fourth-order valence-corrected chi connectivity index (χ4v) is 2.42. The van der Waals surface area contributed by atoms with Gasteiger partial charge in [-0.25, -0.2) is 9.97 Å². The van der Waals surface area contributed by atoms with E-state index in [1.165, 1.54) is 0 Å². The molecule has 5 heteroatoms. The highest BCUT2D eigenvalue weighted by Crippen LogP contribution is 2.11. The van der Waals surface area contributed by atoms with Crippen molar-refractivity contribution in [2.45, 2.75) is 31.0 Å². The van der Waals surface area contributed by atoms with Crippen LogP contribution in [0, 0.1) is 6.92 Å². The first-order valence-corrected chi connectivity index (χ1v) is 7.06. The van der Waals surface area contributed by atoms with Crippen LogP contribution in [0.3, 0.4) is 0 Å². The molecule has 17 heavy (non-hydrogen) atoms. The zero-order chi connectivity index (χ0) is 11.9. The van der Waals surface area contributed by atoms with Gasteiger partial charge in [-0.3, -0.25) is 0 Å². The first kappa shape index (κ1) is 12.8. The van der Waals surface area contributed by atoms with Gasteiger partial charge in [-0.2, -0.15) is 0 Å². The minimum atomic E-state index is 0.628. The third kappa shape index (κ3) is 4.61. The number of thioether (sulfide) groups is 1. The van der Waals surface area contributed by atoms with Gasteiger partial charge >= 0.3 is 0 Å². The molecule has 0 aromatic carbocycles. The Morgan fingerprint density at radius 1 is 1.35 bits per heavy atom. The molecule has 0 amide bonds. The smallest absolute Gasteiger partial charge is 0.187 e. The first-order valence-electron chi connectivity index (χ1n) is 6.07. The largest absolute Gasteiger partial charge is 0.381 e. The fourth-order valence-electron chi connectivity index (χ4n) is 1.76. The lowest BCUT2D eigenvalue weighted by atomic mass is 10.1. The van der Waals surface area contributed by atoms with Gasteiger partial charge in [0.2, 0.25) is 0 Å². The van der Waals surface area contributed by atoms with E-state index in [-0.39, 0.29) is 0 Å². The van der Waals surface area contributed by atoms with E-state index in [9.17, 15) is 0 Å². The topological polar surface area (TPSA) is 47.0 Å². The van der Waals surface area contributed by atoms with Gasteiger partial charge in [0.05, 0.1) is 0 Å². The van der Waals surface area contributed by atoms with Crippen LogP contribution in [0.25, 0.3) is 0 Å². The van der Waals surface area contributed by atoms with E-state index < -0.39 is 0 Å². The van der Waals surface area contributed by atoms with Crippen molar-refractivity contribution < 1.29 is 4.74 Å². The molecule has 0 aliphatic carbocycles. The molecular weight excluding hydrogens is 234 g/mol. The van der Waals surface area contributed by atoms with E-state index in [2.05, 4.69) is 15.3 Å². The summed E-state index contributed by atoms with van der Waals surface area (Å²) in [5, 5.41) is 4.41. The lowest BCUT2D eigenvalue weighted by Crippen LogP contribution is -2.36.